The number of rotatable bonds is 4. The quantitative estimate of drug-likeness (QED) is 0.681. The van der Waals surface area contributed by atoms with E-state index >= 15 is 0 Å². The molecule has 0 bridgehead atoms. The number of imide groups is 1. The highest BCUT2D eigenvalue weighted by atomic mass is 16.7. The van der Waals surface area contributed by atoms with E-state index in [-0.39, 0.29) is 12.8 Å². The number of nitrogens with zero attached hydrogens (tertiary/aromatic N) is 4. The van der Waals surface area contributed by atoms with Crippen LogP contribution in [0.25, 0.3) is 0 Å². The second-order valence-electron chi connectivity index (χ2n) is 7.93. The molecule has 0 N–H and O–H groups in total. The number of piperazine rings is 1. The lowest BCUT2D eigenvalue weighted by Crippen LogP contribution is -2.50. The second kappa shape index (κ2) is 9.01. The zero-order valence-electron chi connectivity index (χ0n) is 17.3. The summed E-state index contributed by atoms with van der Waals surface area (Å²) in [6, 6.07) is 6.56. The predicted octanol–water partition coefficient (Wildman–Crippen LogP) is 1.15. The van der Waals surface area contributed by atoms with Crippen molar-refractivity contribution in [3.05, 3.63) is 29.3 Å². The molecular formula is C21H28N4O5. The van der Waals surface area contributed by atoms with E-state index in [9.17, 15) is 14.4 Å². The first-order valence-corrected chi connectivity index (χ1v) is 10.5. The molecule has 30 heavy (non-hydrogen) atoms. The number of amides is 3. The number of anilines is 1. The highest BCUT2D eigenvalue weighted by Crippen LogP contribution is 2.25. The number of ether oxygens (including phenoxy) is 1. The maximum Gasteiger partial charge on any atom is 0.434 e. The Kier molecular flexibility index (Phi) is 6.19. The van der Waals surface area contributed by atoms with E-state index in [0.717, 1.165) is 32.8 Å². The van der Waals surface area contributed by atoms with E-state index in [1.165, 1.54) is 16.8 Å². The van der Waals surface area contributed by atoms with Crippen LogP contribution in [0.5, 0.6) is 0 Å². The third-order valence-electron chi connectivity index (χ3n) is 5.79. The van der Waals surface area contributed by atoms with Gasteiger partial charge in [-0.25, -0.2) is 4.79 Å². The minimum Gasteiger partial charge on any atom is -0.378 e. The van der Waals surface area contributed by atoms with Gasteiger partial charge in [-0.15, -0.1) is 5.06 Å². The van der Waals surface area contributed by atoms with Crippen molar-refractivity contribution in [2.45, 2.75) is 26.3 Å². The number of hydrogen-bond donors (Lipinski definition) is 0. The first kappa shape index (κ1) is 20.6. The number of carbonyl (C=O) groups is 3. The van der Waals surface area contributed by atoms with Gasteiger partial charge >= 0.3 is 6.09 Å². The first-order chi connectivity index (χ1) is 14.5. The van der Waals surface area contributed by atoms with Crippen molar-refractivity contribution in [1.82, 2.24) is 14.9 Å². The van der Waals surface area contributed by atoms with Gasteiger partial charge in [0.15, 0.2) is 0 Å². The zero-order chi connectivity index (χ0) is 21.1. The van der Waals surface area contributed by atoms with Gasteiger partial charge in [0, 0.05) is 64.3 Å². The minimum absolute atomic E-state index is 0.0991. The summed E-state index contributed by atoms with van der Waals surface area (Å²) in [7, 11) is 0. The zero-order valence-corrected chi connectivity index (χ0v) is 17.3. The molecule has 0 aliphatic carbocycles. The SMILES string of the molecule is Cc1ccc(CN2CCN(C(=O)ON3C(=O)CCC3=O)CC2)c(N2CCOCC2)c1. The minimum atomic E-state index is -0.636. The van der Waals surface area contributed by atoms with Crippen LogP contribution in [-0.4, -0.2) is 85.3 Å². The van der Waals surface area contributed by atoms with Gasteiger partial charge in [0.25, 0.3) is 11.8 Å². The Bertz CT molecular complexity index is 800. The smallest absolute Gasteiger partial charge is 0.378 e. The lowest BCUT2D eigenvalue weighted by Gasteiger charge is -2.36. The molecule has 0 spiro atoms. The van der Waals surface area contributed by atoms with Crippen LogP contribution in [-0.2, 0) is 25.7 Å². The maximum absolute atomic E-state index is 12.3. The Morgan fingerprint density at radius 2 is 1.67 bits per heavy atom. The van der Waals surface area contributed by atoms with Gasteiger partial charge < -0.3 is 19.4 Å². The van der Waals surface area contributed by atoms with Crippen molar-refractivity contribution in [2.24, 2.45) is 0 Å². The molecule has 162 valence electrons. The summed E-state index contributed by atoms with van der Waals surface area (Å²) < 4.78 is 5.49. The number of morpholine rings is 1. The van der Waals surface area contributed by atoms with E-state index < -0.39 is 17.9 Å². The van der Waals surface area contributed by atoms with Crippen LogP contribution in [0.15, 0.2) is 18.2 Å². The fourth-order valence-corrected chi connectivity index (χ4v) is 4.03. The summed E-state index contributed by atoms with van der Waals surface area (Å²) in [6.45, 7) is 8.58. The average molecular weight is 416 g/mol. The lowest BCUT2D eigenvalue weighted by molar-refractivity contribution is -0.174. The van der Waals surface area contributed by atoms with Crippen LogP contribution in [0.3, 0.4) is 0 Å². The van der Waals surface area contributed by atoms with Crippen LogP contribution in [0.1, 0.15) is 24.0 Å². The van der Waals surface area contributed by atoms with Crippen molar-refractivity contribution in [1.29, 1.82) is 0 Å². The van der Waals surface area contributed by atoms with E-state index in [1.54, 1.807) is 4.90 Å². The summed E-state index contributed by atoms with van der Waals surface area (Å²) in [5.41, 5.74) is 3.76. The van der Waals surface area contributed by atoms with Gasteiger partial charge in [0.2, 0.25) is 0 Å². The van der Waals surface area contributed by atoms with Crippen molar-refractivity contribution < 1.29 is 24.0 Å². The third kappa shape index (κ3) is 4.57. The third-order valence-corrected chi connectivity index (χ3v) is 5.79. The standard InChI is InChI=1S/C21H28N4O5/c1-16-2-3-17(18(14-16)23-10-12-29-13-11-23)15-22-6-8-24(9-7-22)21(28)30-25-19(26)4-5-20(25)27/h2-3,14H,4-13,15H2,1H3. The van der Waals surface area contributed by atoms with E-state index in [4.69, 9.17) is 9.57 Å². The van der Waals surface area contributed by atoms with Crippen molar-refractivity contribution in [2.75, 3.05) is 57.4 Å². The molecule has 3 fully saturated rings. The molecule has 0 aromatic heterocycles. The summed E-state index contributed by atoms with van der Waals surface area (Å²) in [4.78, 5) is 46.9. The molecular weight excluding hydrogens is 388 g/mol. The van der Waals surface area contributed by atoms with Gasteiger partial charge in [0.05, 0.1) is 13.2 Å². The topological polar surface area (TPSA) is 82.6 Å². The Balaban J connectivity index is 1.33. The fraction of sp³-hybridized carbons (Fsp3) is 0.571. The van der Waals surface area contributed by atoms with Crippen molar-refractivity contribution in [3.8, 4) is 0 Å². The Labute approximate surface area is 176 Å². The van der Waals surface area contributed by atoms with Crippen molar-refractivity contribution in [3.63, 3.8) is 0 Å². The number of aryl methyl sites for hydroxylation is 1. The van der Waals surface area contributed by atoms with Crippen molar-refractivity contribution >= 4 is 23.6 Å². The largest absolute Gasteiger partial charge is 0.434 e. The van der Waals surface area contributed by atoms with E-state index in [2.05, 4.69) is 34.9 Å². The molecule has 3 saturated heterocycles. The monoisotopic (exact) mass is 416 g/mol. The summed E-state index contributed by atoms with van der Waals surface area (Å²) in [6.07, 6.45) is -0.438. The van der Waals surface area contributed by atoms with Gasteiger partial charge in [-0.05, 0) is 24.1 Å². The van der Waals surface area contributed by atoms with Crippen LogP contribution < -0.4 is 4.90 Å². The first-order valence-electron chi connectivity index (χ1n) is 10.5. The molecule has 0 unspecified atom stereocenters. The number of carbonyl (C=O) groups excluding carboxylic acids is 3. The molecule has 9 nitrogen and oxygen atoms in total. The van der Waals surface area contributed by atoms with Gasteiger partial charge in [0.1, 0.15) is 0 Å². The molecule has 3 aliphatic rings. The fourth-order valence-electron chi connectivity index (χ4n) is 4.03. The molecule has 3 amide bonds. The number of hydrogen-bond acceptors (Lipinski definition) is 7. The molecule has 3 aliphatic heterocycles. The highest BCUT2D eigenvalue weighted by molar-refractivity contribution is 6.01. The molecule has 4 rings (SSSR count). The summed E-state index contributed by atoms with van der Waals surface area (Å²) >= 11 is 0. The Morgan fingerprint density at radius 3 is 2.33 bits per heavy atom. The Morgan fingerprint density at radius 1 is 1.00 bits per heavy atom. The number of benzene rings is 1. The van der Waals surface area contributed by atoms with E-state index in [0.29, 0.717) is 31.2 Å². The molecule has 1 aromatic carbocycles. The molecule has 0 atom stereocenters. The van der Waals surface area contributed by atoms with Crippen LogP contribution in [0.2, 0.25) is 0 Å². The number of hydroxylamine groups is 2. The average Bonchev–Trinajstić information content (AvgIpc) is 3.08. The van der Waals surface area contributed by atoms with Gasteiger partial charge in [-0.1, -0.05) is 12.1 Å². The summed E-state index contributed by atoms with van der Waals surface area (Å²) in [5, 5.41) is 0.607. The van der Waals surface area contributed by atoms with E-state index in [1.807, 2.05) is 0 Å². The lowest BCUT2D eigenvalue weighted by atomic mass is 10.1. The molecule has 0 radical (unpaired) electrons. The van der Waals surface area contributed by atoms with Crippen LogP contribution in [0, 0.1) is 6.92 Å². The Hall–Kier alpha value is -2.65. The summed E-state index contributed by atoms with van der Waals surface area (Å²) in [5.74, 6) is -0.913. The van der Waals surface area contributed by atoms with Gasteiger partial charge in [-0.2, -0.15) is 0 Å². The van der Waals surface area contributed by atoms with Crippen LogP contribution in [0.4, 0.5) is 10.5 Å². The van der Waals surface area contributed by atoms with Gasteiger partial charge in [-0.3, -0.25) is 14.5 Å². The maximum atomic E-state index is 12.3. The molecule has 9 heteroatoms. The van der Waals surface area contributed by atoms with Crippen LogP contribution >= 0.6 is 0 Å². The second-order valence-corrected chi connectivity index (χ2v) is 7.93. The molecule has 1 aromatic rings. The highest BCUT2D eigenvalue weighted by Gasteiger charge is 2.35. The normalized spacial score (nSPS) is 20.8. The predicted molar refractivity (Wildman–Crippen MR) is 109 cm³/mol. The molecule has 3 heterocycles. The molecule has 0 saturated carbocycles.